The molecule has 0 amide bonds. The molecular weight excluding hydrogens is 302 g/mol. The van der Waals surface area contributed by atoms with Gasteiger partial charge in [0.2, 0.25) is 0 Å². The third-order valence-corrected chi connectivity index (χ3v) is 5.34. The molecule has 1 fully saturated rings. The second-order valence-corrected chi connectivity index (χ2v) is 7.67. The van der Waals surface area contributed by atoms with E-state index in [1.807, 2.05) is 0 Å². The number of thiocarbonyl (C=S) groups is 1. The van der Waals surface area contributed by atoms with Crippen molar-refractivity contribution in [3.8, 4) is 0 Å². The van der Waals surface area contributed by atoms with E-state index in [9.17, 15) is 0 Å². The highest BCUT2D eigenvalue weighted by Crippen LogP contribution is 2.16. The van der Waals surface area contributed by atoms with Crippen LogP contribution in [0.2, 0.25) is 0 Å². The zero-order valence-corrected chi connectivity index (χ0v) is 15.9. The lowest BCUT2D eigenvalue weighted by atomic mass is 10.0. The summed E-state index contributed by atoms with van der Waals surface area (Å²) in [6.45, 7) is 10.2. The molecule has 1 atom stereocenters. The molecule has 0 aromatic heterocycles. The van der Waals surface area contributed by atoms with Crippen molar-refractivity contribution in [3.63, 3.8) is 0 Å². The number of nitrogens with zero attached hydrogens (tertiary/aromatic N) is 1. The monoisotopic (exact) mass is 334 g/mol. The third kappa shape index (κ3) is 5.47. The number of likely N-dealkylation sites (tertiary alicyclic amines) is 1. The van der Waals surface area contributed by atoms with Gasteiger partial charge in [-0.1, -0.05) is 32.0 Å². The molecule has 1 unspecified atom stereocenters. The number of piperidine rings is 1. The molecule has 0 saturated carbocycles. The van der Waals surface area contributed by atoms with Crippen molar-refractivity contribution in [1.82, 2.24) is 4.90 Å². The molecule has 1 aliphatic heterocycles. The Labute approximate surface area is 147 Å². The van der Waals surface area contributed by atoms with Gasteiger partial charge in [-0.2, -0.15) is 0 Å². The standard InChI is InChI=1S/C19H31N3S/c1-15(2)9-12-21(4)17-10-13-22(14-11-17)19(23)20-18-8-6-5-7-16(18)3/h5-8,15,17H,9-14H2,1-4H3,(H,20,23)/p+1. The normalized spacial score (nSPS) is 17.3. The Morgan fingerprint density at radius 3 is 2.57 bits per heavy atom. The lowest BCUT2D eigenvalue weighted by Gasteiger charge is -2.36. The van der Waals surface area contributed by atoms with Gasteiger partial charge in [0.05, 0.1) is 19.6 Å². The molecule has 0 bridgehead atoms. The van der Waals surface area contributed by atoms with Crippen molar-refractivity contribution < 1.29 is 4.90 Å². The second-order valence-electron chi connectivity index (χ2n) is 7.29. The SMILES string of the molecule is Cc1ccccc1NC(=S)N1CCC([NH+](C)CCC(C)C)CC1. The summed E-state index contributed by atoms with van der Waals surface area (Å²) in [5, 5.41) is 4.29. The number of rotatable bonds is 5. The average molecular weight is 335 g/mol. The summed E-state index contributed by atoms with van der Waals surface area (Å²) in [5.74, 6) is 0.802. The van der Waals surface area contributed by atoms with Gasteiger partial charge in [0.1, 0.15) is 0 Å². The minimum absolute atomic E-state index is 0.784. The molecule has 1 heterocycles. The van der Waals surface area contributed by atoms with Crippen LogP contribution in [0.4, 0.5) is 5.69 Å². The molecule has 1 aromatic rings. The molecule has 2 rings (SSSR count). The van der Waals surface area contributed by atoms with Gasteiger partial charge in [-0.15, -0.1) is 0 Å². The fourth-order valence-corrected chi connectivity index (χ4v) is 3.50. The summed E-state index contributed by atoms with van der Waals surface area (Å²) in [6.07, 6.45) is 3.79. The summed E-state index contributed by atoms with van der Waals surface area (Å²) >= 11 is 5.61. The summed E-state index contributed by atoms with van der Waals surface area (Å²) in [7, 11) is 2.35. The first-order valence-electron chi connectivity index (χ1n) is 8.91. The summed E-state index contributed by atoms with van der Waals surface area (Å²) in [6, 6.07) is 9.11. The maximum Gasteiger partial charge on any atom is 0.173 e. The Morgan fingerprint density at radius 2 is 1.96 bits per heavy atom. The maximum atomic E-state index is 5.61. The number of quaternary nitrogens is 1. The molecule has 2 N–H and O–H groups in total. The zero-order valence-electron chi connectivity index (χ0n) is 15.1. The highest BCUT2D eigenvalue weighted by molar-refractivity contribution is 7.80. The van der Waals surface area contributed by atoms with Gasteiger partial charge < -0.3 is 15.1 Å². The van der Waals surface area contributed by atoms with Crippen LogP contribution in [0.15, 0.2) is 24.3 Å². The fourth-order valence-electron chi connectivity index (χ4n) is 3.20. The van der Waals surface area contributed by atoms with Crippen LogP contribution in [-0.2, 0) is 0 Å². The molecule has 128 valence electrons. The topological polar surface area (TPSA) is 19.7 Å². The van der Waals surface area contributed by atoms with Crippen LogP contribution in [-0.4, -0.2) is 42.7 Å². The first kappa shape index (κ1) is 18.2. The second kappa shape index (κ2) is 8.65. The third-order valence-electron chi connectivity index (χ3n) is 4.98. The minimum atomic E-state index is 0.784. The van der Waals surface area contributed by atoms with E-state index < -0.39 is 0 Å². The molecule has 4 heteroatoms. The summed E-state index contributed by atoms with van der Waals surface area (Å²) in [4.78, 5) is 4.02. The molecule has 1 aromatic carbocycles. The highest BCUT2D eigenvalue weighted by Gasteiger charge is 2.26. The van der Waals surface area contributed by atoms with Gasteiger partial charge >= 0.3 is 0 Å². The van der Waals surface area contributed by atoms with Crippen molar-refractivity contribution >= 4 is 23.0 Å². The number of para-hydroxylation sites is 1. The van der Waals surface area contributed by atoms with Gasteiger partial charge in [-0.3, -0.25) is 0 Å². The van der Waals surface area contributed by atoms with Gasteiger partial charge in [-0.25, -0.2) is 0 Å². The Hall–Kier alpha value is -1.13. The molecule has 3 nitrogen and oxygen atoms in total. The molecule has 0 radical (unpaired) electrons. The van der Waals surface area contributed by atoms with Crippen LogP contribution >= 0.6 is 12.2 Å². The van der Waals surface area contributed by atoms with Gasteiger partial charge in [0.25, 0.3) is 0 Å². The van der Waals surface area contributed by atoms with Gasteiger partial charge in [0.15, 0.2) is 5.11 Å². The number of hydrogen-bond donors (Lipinski definition) is 2. The van der Waals surface area contributed by atoms with Crippen LogP contribution in [0.3, 0.4) is 0 Å². The highest BCUT2D eigenvalue weighted by atomic mass is 32.1. The largest absolute Gasteiger partial charge is 0.349 e. The lowest BCUT2D eigenvalue weighted by molar-refractivity contribution is -0.907. The first-order valence-corrected chi connectivity index (χ1v) is 9.32. The molecule has 0 spiro atoms. The Bertz CT molecular complexity index is 507. The van der Waals surface area contributed by atoms with Crippen molar-refractivity contribution in [1.29, 1.82) is 0 Å². The average Bonchev–Trinajstić information content (AvgIpc) is 2.54. The number of anilines is 1. The van der Waals surface area contributed by atoms with E-state index in [-0.39, 0.29) is 0 Å². The zero-order chi connectivity index (χ0) is 16.8. The fraction of sp³-hybridized carbons (Fsp3) is 0.632. The molecule has 0 aliphatic carbocycles. The van der Waals surface area contributed by atoms with Gasteiger partial charge in [0, 0.05) is 31.6 Å². The van der Waals surface area contributed by atoms with Crippen molar-refractivity contribution in [3.05, 3.63) is 29.8 Å². The minimum Gasteiger partial charge on any atom is -0.349 e. The lowest BCUT2D eigenvalue weighted by Crippen LogP contribution is -3.13. The quantitative estimate of drug-likeness (QED) is 0.808. The number of hydrogen-bond acceptors (Lipinski definition) is 1. The number of aryl methyl sites for hydroxylation is 1. The van der Waals surface area contributed by atoms with Crippen LogP contribution in [0.25, 0.3) is 0 Å². The predicted octanol–water partition coefficient (Wildman–Crippen LogP) is 2.72. The van der Waals surface area contributed by atoms with Crippen molar-refractivity contribution in [2.24, 2.45) is 5.92 Å². The molecule has 23 heavy (non-hydrogen) atoms. The van der Waals surface area contributed by atoms with Crippen LogP contribution in [0, 0.1) is 12.8 Å². The Morgan fingerprint density at radius 1 is 1.30 bits per heavy atom. The Kier molecular flexibility index (Phi) is 6.85. The number of benzene rings is 1. The van der Waals surface area contributed by atoms with E-state index in [0.717, 1.165) is 35.8 Å². The van der Waals surface area contributed by atoms with E-state index in [1.165, 1.54) is 31.4 Å². The summed E-state index contributed by atoms with van der Waals surface area (Å²) < 4.78 is 0. The van der Waals surface area contributed by atoms with Crippen LogP contribution < -0.4 is 10.2 Å². The summed E-state index contributed by atoms with van der Waals surface area (Å²) in [5.41, 5.74) is 2.36. The predicted molar refractivity (Wildman–Crippen MR) is 103 cm³/mol. The molecule has 1 saturated heterocycles. The molecule has 1 aliphatic rings. The van der Waals surface area contributed by atoms with E-state index >= 15 is 0 Å². The first-order chi connectivity index (χ1) is 11.0. The van der Waals surface area contributed by atoms with Crippen LogP contribution in [0.5, 0.6) is 0 Å². The Balaban J connectivity index is 1.80. The van der Waals surface area contributed by atoms with E-state index in [0.29, 0.717) is 0 Å². The van der Waals surface area contributed by atoms with Crippen molar-refractivity contribution in [2.75, 3.05) is 32.0 Å². The van der Waals surface area contributed by atoms with Crippen molar-refractivity contribution in [2.45, 2.75) is 46.1 Å². The molecular formula is C19H32N3S+. The van der Waals surface area contributed by atoms with Gasteiger partial charge in [-0.05, 0) is 43.1 Å². The van der Waals surface area contributed by atoms with E-state index in [1.54, 1.807) is 4.90 Å². The maximum absolute atomic E-state index is 5.61. The number of nitrogens with one attached hydrogen (secondary N) is 2. The van der Waals surface area contributed by atoms with Crippen LogP contribution in [0.1, 0.15) is 38.7 Å². The smallest absolute Gasteiger partial charge is 0.173 e. The van der Waals surface area contributed by atoms with E-state index in [2.05, 4.69) is 62.3 Å². The van der Waals surface area contributed by atoms with E-state index in [4.69, 9.17) is 12.2 Å².